The molecule has 4 heterocycles. The van der Waals surface area contributed by atoms with Crippen LogP contribution in [0, 0.1) is 5.92 Å². The number of esters is 1. The topological polar surface area (TPSA) is 132 Å². The van der Waals surface area contributed by atoms with Gasteiger partial charge in [-0.05, 0) is 43.3 Å². The summed E-state index contributed by atoms with van der Waals surface area (Å²) in [6.07, 6.45) is 0.708. The van der Waals surface area contributed by atoms with Gasteiger partial charge in [0.25, 0.3) is 10.0 Å². The number of anilines is 1. The minimum atomic E-state index is -3.91. The molecule has 3 aromatic rings. The number of thiophene rings is 1. The predicted octanol–water partition coefficient (Wildman–Crippen LogP) is 3.08. The third kappa shape index (κ3) is 4.75. The second-order valence-corrected chi connectivity index (χ2v) is 10.6. The van der Waals surface area contributed by atoms with Gasteiger partial charge in [0.2, 0.25) is 21.9 Å². The van der Waals surface area contributed by atoms with Crippen molar-refractivity contribution >= 4 is 49.7 Å². The van der Waals surface area contributed by atoms with Crippen molar-refractivity contribution in [2.24, 2.45) is 5.92 Å². The van der Waals surface area contributed by atoms with Gasteiger partial charge in [-0.15, -0.1) is 10.2 Å². The summed E-state index contributed by atoms with van der Waals surface area (Å²) in [6, 6.07) is 4.44. The number of amides is 1. The van der Waals surface area contributed by atoms with Crippen molar-refractivity contribution < 1.29 is 27.2 Å². The fraction of sp³-hybridized carbons (Fsp3) is 0.368. The Kier molecular flexibility index (Phi) is 6.69. The van der Waals surface area contributed by atoms with Crippen LogP contribution in [0.5, 0.6) is 0 Å². The van der Waals surface area contributed by atoms with Gasteiger partial charge in [0, 0.05) is 30.0 Å². The van der Waals surface area contributed by atoms with E-state index in [1.807, 2.05) is 16.8 Å². The molecule has 1 saturated heterocycles. The molecule has 0 saturated carbocycles. The fourth-order valence-corrected chi connectivity index (χ4v) is 6.08. The average Bonchev–Trinajstić information content (AvgIpc) is 3.55. The lowest BCUT2D eigenvalue weighted by Gasteiger charge is -2.29. The van der Waals surface area contributed by atoms with Gasteiger partial charge in [-0.2, -0.15) is 15.6 Å². The molecule has 0 radical (unpaired) electrons. The zero-order chi connectivity index (χ0) is 22.7. The van der Waals surface area contributed by atoms with E-state index < -0.39 is 16.0 Å². The molecule has 1 N–H and O–H groups in total. The lowest BCUT2D eigenvalue weighted by molar-refractivity contribution is -0.120. The zero-order valence-electron chi connectivity index (χ0n) is 17.0. The van der Waals surface area contributed by atoms with E-state index in [1.54, 1.807) is 18.3 Å². The summed E-state index contributed by atoms with van der Waals surface area (Å²) in [5.74, 6) is -1.44. The highest BCUT2D eigenvalue weighted by Gasteiger charge is 2.34. The number of carbonyl (C=O) groups excluding carboxylic acids is 2. The number of carbonyl (C=O) groups is 2. The number of aromatic nitrogens is 2. The molecule has 10 nitrogen and oxygen atoms in total. The lowest BCUT2D eigenvalue weighted by Crippen LogP contribution is -2.41. The Balaban J connectivity index is 1.34. The molecule has 1 fully saturated rings. The van der Waals surface area contributed by atoms with Crippen LogP contribution in [0.2, 0.25) is 0 Å². The quantitative estimate of drug-likeness (QED) is 0.494. The summed E-state index contributed by atoms with van der Waals surface area (Å²) in [6.45, 7) is 2.12. The molecular weight excluding hydrogens is 476 g/mol. The summed E-state index contributed by atoms with van der Waals surface area (Å²) in [4.78, 5) is 24.3. The largest absolute Gasteiger partial charge is 0.460 e. The Morgan fingerprint density at radius 3 is 2.72 bits per heavy atom. The van der Waals surface area contributed by atoms with Crippen LogP contribution in [-0.4, -0.2) is 54.5 Å². The van der Waals surface area contributed by atoms with Crippen LogP contribution in [0.15, 0.2) is 38.5 Å². The molecular formula is C19H20N4O6S3. The van der Waals surface area contributed by atoms with Gasteiger partial charge in [-0.25, -0.2) is 13.2 Å². The number of sulfonamides is 1. The van der Waals surface area contributed by atoms with Gasteiger partial charge in [0.15, 0.2) is 0 Å². The molecule has 0 aromatic carbocycles. The van der Waals surface area contributed by atoms with Crippen molar-refractivity contribution in [2.45, 2.75) is 24.9 Å². The minimum Gasteiger partial charge on any atom is -0.460 e. The van der Waals surface area contributed by atoms with Crippen LogP contribution >= 0.6 is 22.7 Å². The molecule has 13 heteroatoms. The molecule has 0 atom stereocenters. The van der Waals surface area contributed by atoms with E-state index in [9.17, 15) is 18.0 Å². The average molecular weight is 497 g/mol. The lowest BCUT2D eigenvalue weighted by atomic mass is 9.97. The number of rotatable bonds is 7. The number of ether oxygens (including phenoxy) is 1. The van der Waals surface area contributed by atoms with Crippen LogP contribution in [0.3, 0.4) is 0 Å². The van der Waals surface area contributed by atoms with Crippen LogP contribution in [0.4, 0.5) is 5.13 Å². The van der Waals surface area contributed by atoms with Gasteiger partial charge in [0.05, 0.1) is 6.61 Å². The third-order valence-corrected chi connectivity index (χ3v) is 8.24. The molecule has 0 bridgehead atoms. The summed E-state index contributed by atoms with van der Waals surface area (Å²) in [5, 5.41) is 15.6. The number of nitrogens with zero attached hydrogens (tertiary/aromatic N) is 3. The zero-order valence-corrected chi connectivity index (χ0v) is 19.5. The van der Waals surface area contributed by atoms with Crippen molar-refractivity contribution in [2.75, 3.05) is 25.0 Å². The summed E-state index contributed by atoms with van der Waals surface area (Å²) >= 11 is 2.84. The van der Waals surface area contributed by atoms with E-state index in [0.717, 1.165) is 10.6 Å². The second kappa shape index (κ2) is 9.48. The van der Waals surface area contributed by atoms with Crippen molar-refractivity contribution in [3.63, 3.8) is 0 Å². The van der Waals surface area contributed by atoms with Gasteiger partial charge >= 0.3 is 5.97 Å². The summed E-state index contributed by atoms with van der Waals surface area (Å²) in [5.41, 5.74) is 0.954. The van der Waals surface area contributed by atoms with E-state index >= 15 is 0 Å². The second-order valence-electron chi connectivity index (χ2n) is 6.93. The van der Waals surface area contributed by atoms with Gasteiger partial charge < -0.3 is 14.5 Å². The molecule has 170 valence electrons. The van der Waals surface area contributed by atoms with Crippen LogP contribution in [0.25, 0.3) is 10.6 Å². The smallest absolute Gasteiger partial charge is 0.374 e. The fourth-order valence-electron chi connectivity index (χ4n) is 3.24. The molecule has 32 heavy (non-hydrogen) atoms. The molecule has 3 aromatic heterocycles. The first-order valence-electron chi connectivity index (χ1n) is 9.82. The standard InChI is InChI=1S/C19H20N4O6S3/c1-2-28-18(25)14-3-4-15(29-14)32(26,27)23-8-5-12(6-9-23)16(24)20-19-22-21-17(31-19)13-7-10-30-11-13/h3-4,7,10-12H,2,5-6,8-9H2,1H3,(H,20,22,24). The van der Waals surface area contributed by atoms with E-state index in [-0.39, 0.29) is 42.4 Å². The maximum absolute atomic E-state index is 12.8. The summed E-state index contributed by atoms with van der Waals surface area (Å²) in [7, 11) is -3.91. The Labute approximate surface area is 192 Å². The van der Waals surface area contributed by atoms with Gasteiger partial charge in [0.1, 0.15) is 5.01 Å². The van der Waals surface area contributed by atoms with Crippen molar-refractivity contribution in [1.29, 1.82) is 0 Å². The van der Waals surface area contributed by atoms with Crippen LogP contribution in [-0.2, 0) is 19.6 Å². The van der Waals surface area contributed by atoms with Crippen LogP contribution < -0.4 is 5.32 Å². The number of hydrogen-bond donors (Lipinski definition) is 1. The normalized spacial score (nSPS) is 15.5. The Morgan fingerprint density at radius 1 is 1.25 bits per heavy atom. The highest BCUT2D eigenvalue weighted by molar-refractivity contribution is 7.89. The number of piperidine rings is 1. The number of furan rings is 1. The van der Waals surface area contributed by atoms with Crippen LogP contribution in [0.1, 0.15) is 30.3 Å². The Bertz CT molecular complexity index is 1190. The molecule has 0 unspecified atom stereocenters. The molecule has 1 aliphatic heterocycles. The first kappa shape index (κ1) is 22.6. The predicted molar refractivity (Wildman–Crippen MR) is 118 cm³/mol. The van der Waals surface area contributed by atoms with Crippen molar-refractivity contribution in [1.82, 2.24) is 14.5 Å². The van der Waals surface area contributed by atoms with Crippen molar-refractivity contribution in [3.05, 3.63) is 34.7 Å². The summed E-state index contributed by atoms with van der Waals surface area (Å²) < 4.78 is 36.9. The molecule has 0 aliphatic carbocycles. The maximum atomic E-state index is 12.8. The molecule has 0 spiro atoms. The highest BCUT2D eigenvalue weighted by Crippen LogP contribution is 2.30. The first-order valence-corrected chi connectivity index (χ1v) is 13.0. The van der Waals surface area contributed by atoms with E-state index in [2.05, 4.69) is 15.5 Å². The van der Waals surface area contributed by atoms with E-state index in [4.69, 9.17) is 9.15 Å². The molecule has 1 aliphatic rings. The van der Waals surface area contributed by atoms with Gasteiger partial charge in [-0.1, -0.05) is 11.3 Å². The number of nitrogens with one attached hydrogen (secondary N) is 1. The monoisotopic (exact) mass is 496 g/mol. The van der Waals surface area contributed by atoms with E-state index in [0.29, 0.717) is 18.0 Å². The Morgan fingerprint density at radius 2 is 2.03 bits per heavy atom. The SMILES string of the molecule is CCOC(=O)c1ccc(S(=O)(=O)N2CCC(C(=O)Nc3nnc(-c4ccsc4)s3)CC2)o1. The Hall–Kier alpha value is -2.61. The highest BCUT2D eigenvalue weighted by atomic mass is 32.2. The molecule has 1 amide bonds. The van der Waals surface area contributed by atoms with Crippen molar-refractivity contribution in [3.8, 4) is 10.6 Å². The third-order valence-electron chi connectivity index (χ3n) is 4.90. The minimum absolute atomic E-state index is 0.156. The van der Waals surface area contributed by atoms with E-state index in [1.165, 1.54) is 27.8 Å². The number of hydrogen-bond acceptors (Lipinski definition) is 10. The first-order chi connectivity index (χ1) is 15.4. The molecule has 4 rings (SSSR count). The van der Waals surface area contributed by atoms with Gasteiger partial charge in [-0.3, -0.25) is 4.79 Å². The maximum Gasteiger partial charge on any atom is 0.374 e.